The van der Waals surface area contributed by atoms with Crippen molar-refractivity contribution in [2.45, 2.75) is 44.9 Å². The molecule has 0 bridgehead atoms. The van der Waals surface area contributed by atoms with Gasteiger partial charge < -0.3 is 15.3 Å². The number of aromatic hydroxyl groups is 3. The van der Waals surface area contributed by atoms with Crippen LogP contribution in [0.15, 0.2) is 72.8 Å². The molecule has 2 atom stereocenters. The second-order valence-corrected chi connectivity index (χ2v) is 9.47. The zero-order chi connectivity index (χ0) is 21.5. The van der Waals surface area contributed by atoms with E-state index in [4.69, 9.17) is 0 Å². The molecule has 0 spiro atoms. The number of phenolic OH excluding ortho intramolecular Hbond substituents is 3. The maximum Gasteiger partial charge on any atom is 0.115 e. The number of hydrogen-bond donors (Lipinski definition) is 3. The average molecular weight is 403 g/mol. The Bertz CT molecular complexity index is 956. The van der Waals surface area contributed by atoms with Crippen molar-refractivity contribution < 1.29 is 15.3 Å². The summed E-state index contributed by atoms with van der Waals surface area (Å²) in [6.07, 6.45) is 2.07. The molecule has 2 unspecified atom stereocenters. The van der Waals surface area contributed by atoms with E-state index >= 15 is 0 Å². The van der Waals surface area contributed by atoms with Crippen LogP contribution >= 0.6 is 0 Å². The van der Waals surface area contributed by atoms with Crippen molar-refractivity contribution in [2.24, 2.45) is 11.3 Å². The third-order valence-corrected chi connectivity index (χ3v) is 7.03. The minimum Gasteiger partial charge on any atom is -0.508 e. The minimum atomic E-state index is -0.363. The SMILES string of the molecule is CC1CC(c2ccc(O)cc2)C(c2ccc(O)cc2)(c2ccc(O)cc2)C(C)(C)C1. The number of hydrogen-bond acceptors (Lipinski definition) is 3. The smallest absolute Gasteiger partial charge is 0.115 e. The molecule has 3 nitrogen and oxygen atoms in total. The van der Waals surface area contributed by atoms with Crippen LogP contribution in [-0.4, -0.2) is 15.3 Å². The summed E-state index contributed by atoms with van der Waals surface area (Å²) < 4.78 is 0. The number of phenols is 3. The van der Waals surface area contributed by atoms with Crippen LogP contribution in [0.5, 0.6) is 17.2 Å². The zero-order valence-electron chi connectivity index (χ0n) is 17.8. The summed E-state index contributed by atoms with van der Waals surface area (Å²) in [6.45, 7) is 6.97. The first-order valence-corrected chi connectivity index (χ1v) is 10.6. The van der Waals surface area contributed by atoms with Gasteiger partial charge in [0.2, 0.25) is 0 Å². The summed E-state index contributed by atoms with van der Waals surface area (Å²) in [5.74, 6) is 1.49. The topological polar surface area (TPSA) is 60.7 Å². The molecule has 3 aromatic rings. The summed E-state index contributed by atoms with van der Waals surface area (Å²) in [5.41, 5.74) is 3.04. The van der Waals surface area contributed by atoms with Crippen molar-refractivity contribution in [1.82, 2.24) is 0 Å². The lowest BCUT2D eigenvalue weighted by Crippen LogP contribution is -2.52. The van der Waals surface area contributed by atoms with Crippen molar-refractivity contribution >= 4 is 0 Å². The molecule has 1 aliphatic carbocycles. The molecule has 1 aliphatic rings. The van der Waals surface area contributed by atoms with Gasteiger partial charge in [-0.15, -0.1) is 0 Å². The highest BCUT2D eigenvalue weighted by molar-refractivity contribution is 5.50. The third-order valence-electron chi connectivity index (χ3n) is 7.03. The third kappa shape index (κ3) is 3.23. The minimum absolute atomic E-state index is 0.0961. The summed E-state index contributed by atoms with van der Waals surface area (Å²) in [7, 11) is 0. The molecule has 4 rings (SSSR count). The standard InChI is InChI=1S/C27H30O3/c1-18-16-25(19-4-10-22(28)11-5-19)27(26(2,3)17-18,20-6-12-23(29)13-7-20)21-8-14-24(30)15-9-21/h4-15,18,25,28-30H,16-17H2,1-3H3. The number of rotatable bonds is 3. The second kappa shape index (κ2) is 7.39. The summed E-state index contributed by atoms with van der Waals surface area (Å²) in [6, 6.07) is 22.8. The Morgan fingerprint density at radius 1 is 0.667 bits per heavy atom. The van der Waals surface area contributed by atoms with Gasteiger partial charge >= 0.3 is 0 Å². The van der Waals surface area contributed by atoms with Crippen LogP contribution in [0, 0.1) is 11.3 Å². The van der Waals surface area contributed by atoms with Crippen molar-refractivity contribution in [3.05, 3.63) is 89.5 Å². The van der Waals surface area contributed by atoms with Crippen LogP contribution in [-0.2, 0) is 5.41 Å². The largest absolute Gasteiger partial charge is 0.508 e. The summed E-state index contributed by atoms with van der Waals surface area (Å²) >= 11 is 0. The van der Waals surface area contributed by atoms with Crippen molar-refractivity contribution in [1.29, 1.82) is 0 Å². The molecular weight excluding hydrogens is 372 g/mol. The van der Waals surface area contributed by atoms with Crippen LogP contribution in [0.3, 0.4) is 0 Å². The lowest BCUT2D eigenvalue weighted by atomic mass is 9.45. The quantitative estimate of drug-likeness (QED) is 0.480. The molecule has 0 aromatic heterocycles. The lowest BCUT2D eigenvalue weighted by molar-refractivity contribution is 0.0689. The Balaban J connectivity index is 2.05. The maximum atomic E-state index is 9.97. The van der Waals surface area contributed by atoms with Crippen LogP contribution in [0.25, 0.3) is 0 Å². The molecule has 3 heteroatoms. The highest BCUT2D eigenvalue weighted by Crippen LogP contribution is 2.63. The summed E-state index contributed by atoms with van der Waals surface area (Å²) in [5, 5.41) is 29.8. The number of benzene rings is 3. The van der Waals surface area contributed by atoms with E-state index in [1.165, 1.54) is 5.56 Å². The van der Waals surface area contributed by atoms with E-state index in [1.807, 2.05) is 36.4 Å². The van der Waals surface area contributed by atoms with E-state index < -0.39 is 0 Å². The molecule has 156 valence electrons. The first-order chi connectivity index (χ1) is 14.2. The Labute approximate surface area is 178 Å². The normalized spacial score (nSPS) is 22.5. The molecule has 3 N–H and O–H groups in total. The molecular formula is C27H30O3. The fourth-order valence-electron chi connectivity index (χ4n) is 6.06. The van der Waals surface area contributed by atoms with Crippen LogP contribution in [0.4, 0.5) is 0 Å². The van der Waals surface area contributed by atoms with Gasteiger partial charge in [-0.1, -0.05) is 57.2 Å². The Morgan fingerprint density at radius 3 is 1.50 bits per heavy atom. The predicted octanol–water partition coefficient (Wildman–Crippen LogP) is 6.33. The van der Waals surface area contributed by atoms with Gasteiger partial charge in [-0.05, 0) is 83.2 Å². The van der Waals surface area contributed by atoms with E-state index in [0.717, 1.165) is 24.0 Å². The highest BCUT2D eigenvalue weighted by atomic mass is 16.3. The van der Waals surface area contributed by atoms with Gasteiger partial charge in [-0.2, -0.15) is 0 Å². The van der Waals surface area contributed by atoms with Crippen LogP contribution in [0.1, 0.15) is 56.2 Å². The average Bonchev–Trinajstić information content (AvgIpc) is 2.69. The Kier molecular flexibility index (Phi) is 5.01. The highest BCUT2D eigenvalue weighted by Gasteiger charge is 2.56. The molecule has 0 radical (unpaired) electrons. The molecule has 0 amide bonds. The maximum absolute atomic E-state index is 9.97. The van der Waals surface area contributed by atoms with E-state index in [1.54, 1.807) is 36.4 Å². The van der Waals surface area contributed by atoms with Crippen LogP contribution in [0.2, 0.25) is 0 Å². The molecule has 0 saturated heterocycles. The van der Waals surface area contributed by atoms with E-state index in [2.05, 4.69) is 20.8 Å². The van der Waals surface area contributed by atoms with Gasteiger partial charge in [0.1, 0.15) is 17.2 Å². The van der Waals surface area contributed by atoms with Crippen LogP contribution < -0.4 is 0 Å². The second-order valence-electron chi connectivity index (χ2n) is 9.47. The van der Waals surface area contributed by atoms with E-state index in [9.17, 15) is 15.3 Å². The molecule has 1 saturated carbocycles. The van der Waals surface area contributed by atoms with E-state index in [-0.39, 0.29) is 34.0 Å². The fourth-order valence-corrected chi connectivity index (χ4v) is 6.06. The Morgan fingerprint density at radius 2 is 1.07 bits per heavy atom. The van der Waals surface area contributed by atoms with Gasteiger partial charge in [-0.25, -0.2) is 0 Å². The first kappa shape index (κ1) is 20.3. The van der Waals surface area contributed by atoms with E-state index in [0.29, 0.717) is 5.92 Å². The predicted molar refractivity (Wildman–Crippen MR) is 120 cm³/mol. The zero-order valence-corrected chi connectivity index (χ0v) is 17.8. The molecule has 30 heavy (non-hydrogen) atoms. The Hall–Kier alpha value is -2.94. The molecule has 0 aliphatic heterocycles. The fraction of sp³-hybridized carbons (Fsp3) is 0.333. The van der Waals surface area contributed by atoms with Crippen molar-refractivity contribution in [3.63, 3.8) is 0 Å². The monoisotopic (exact) mass is 402 g/mol. The molecule has 3 aromatic carbocycles. The van der Waals surface area contributed by atoms with Crippen molar-refractivity contribution in [2.75, 3.05) is 0 Å². The molecule has 0 heterocycles. The first-order valence-electron chi connectivity index (χ1n) is 10.6. The van der Waals surface area contributed by atoms with Crippen molar-refractivity contribution in [3.8, 4) is 17.2 Å². The lowest BCUT2D eigenvalue weighted by Gasteiger charge is -2.58. The van der Waals surface area contributed by atoms with Gasteiger partial charge in [0.15, 0.2) is 0 Å². The van der Waals surface area contributed by atoms with Gasteiger partial charge in [0, 0.05) is 5.41 Å². The van der Waals surface area contributed by atoms with Gasteiger partial charge in [0.25, 0.3) is 0 Å². The summed E-state index contributed by atoms with van der Waals surface area (Å²) in [4.78, 5) is 0. The molecule has 1 fully saturated rings. The van der Waals surface area contributed by atoms with Gasteiger partial charge in [-0.3, -0.25) is 0 Å². The van der Waals surface area contributed by atoms with Gasteiger partial charge in [0.05, 0.1) is 0 Å².